The summed E-state index contributed by atoms with van der Waals surface area (Å²) in [6.45, 7) is 7.37. The van der Waals surface area contributed by atoms with Crippen molar-refractivity contribution in [3.05, 3.63) is 0 Å². The van der Waals surface area contributed by atoms with Crippen LogP contribution in [0.4, 0.5) is 0 Å². The molecule has 0 aliphatic rings. The summed E-state index contributed by atoms with van der Waals surface area (Å²) in [5, 5.41) is 0. The molecule has 0 heterocycles. The van der Waals surface area contributed by atoms with Gasteiger partial charge in [-0.1, -0.05) is 136 Å². The molecule has 0 aromatic heterocycles. The van der Waals surface area contributed by atoms with Gasteiger partial charge in [0, 0.05) is 0 Å². The van der Waals surface area contributed by atoms with Crippen LogP contribution in [0.25, 0.3) is 0 Å². The standard InChI is InChI=1S/C29H62N.ClH/c1-5-7-9-11-13-15-16-17-18-19-20-21-23-25-27-29-30(3,4)28-26-24-22-14-12-10-8-6-2;/h5-29H2,1-4H3;1H/q+1;/p-1. The molecule has 0 aliphatic carbocycles. The van der Waals surface area contributed by atoms with Gasteiger partial charge in [0.2, 0.25) is 0 Å². The van der Waals surface area contributed by atoms with E-state index in [-0.39, 0.29) is 12.4 Å². The van der Waals surface area contributed by atoms with Crippen molar-refractivity contribution in [2.45, 2.75) is 162 Å². The molecule has 0 atom stereocenters. The van der Waals surface area contributed by atoms with E-state index in [1.165, 1.54) is 165 Å². The molecule has 1 nitrogen and oxygen atoms in total. The minimum Gasteiger partial charge on any atom is -1.00 e. The van der Waals surface area contributed by atoms with Gasteiger partial charge in [-0.25, -0.2) is 0 Å². The lowest BCUT2D eigenvalue weighted by Gasteiger charge is -2.30. The third-order valence-corrected chi connectivity index (χ3v) is 6.98. The topological polar surface area (TPSA) is 0 Å². The van der Waals surface area contributed by atoms with Crippen molar-refractivity contribution >= 4 is 0 Å². The van der Waals surface area contributed by atoms with Crippen molar-refractivity contribution in [1.29, 1.82) is 0 Å². The summed E-state index contributed by atoms with van der Waals surface area (Å²) in [6, 6.07) is 0. The predicted octanol–water partition coefficient (Wildman–Crippen LogP) is 7.08. The first-order valence-corrected chi connectivity index (χ1v) is 14.4. The van der Waals surface area contributed by atoms with Crippen LogP contribution in [0.2, 0.25) is 0 Å². The number of quaternary nitrogens is 1. The minimum atomic E-state index is 0. The Morgan fingerprint density at radius 1 is 0.323 bits per heavy atom. The van der Waals surface area contributed by atoms with Crippen LogP contribution in [0.5, 0.6) is 0 Å². The van der Waals surface area contributed by atoms with Gasteiger partial charge in [-0.2, -0.15) is 0 Å². The van der Waals surface area contributed by atoms with Crippen LogP contribution in [-0.2, 0) is 0 Å². The van der Waals surface area contributed by atoms with Gasteiger partial charge < -0.3 is 16.9 Å². The maximum atomic E-state index is 2.45. The lowest BCUT2D eigenvalue weighted by molar-refractivity contribution is -0.890. The summed E-state index contributed by atoms with van der Waals surface area (Å²) >= 11 is 0. The molecule has 0 bridgehead atoms. The Balaban J connectivity index is 0. The molecular formula is C29H62ClN. The van der Waals surface area contributed by atoms with E-state index >= 15 is 0 Å². The van der Waals surface area contributed by atoms with Gasteiger partial charge in [0.15, 0.2) is 0 Å². The number of nitrogens with zero attached hydrogens (tertiary/aromatic N) is 1. The zero-order valence-corrected chi connectivity index (χ0v) is 23.3. The van der Waals surface area contributed by atoms with Gasteiger partial charge in [-0.15, -0.1) is 0 Å². The Kier molecular flexibility index (Phi) is 28.6. The molecule has 0 fully saturated rings. The van der Waals surface area contributed by atoms with Crippen LogP contribution in [0.3, 0.4) is 0 Å². The smallest absolute Gasteiger partial charge is 0.0782 e. The largest absolute Gasteiger partial charge is 1.00 e. The van der Waals surface area contributed by atoms with E-state index in [2.05, 4.69) is 27.9 Å². The maximum absolute atomic E-state index is 2.45. The highest BCUT2D eigenvalue weighted by Gasteiger charge is 2.13. The molecule has 0 radical (unpaired) electrons. The second-order valence-electron chi connectivity index (χ2n) is 10.8. The van der Waals surface area contributed by atoms with Crippen molar-refractivity contribution in [1.82, 2.24) is 0 Å². The van der Waals surface area contributed by atoms with E-state index in [4.69, 9.17) is 0 Å². The molecule has 0 amide bonds. The maximum Gasteiger partial charge on any atom is 0.0782 e. The number of hydrogen-bond donors (Lipinski definition) is 0. The van der Waals surface area contributed by atoms with Crippen molar-refractivity contribution in [2.24, 2.45) is 0 Å². The summed E-state index contributed by atoms with van der Waals surface area (Å²) in [6.07, 6.45) is 33.5. The molecule has 31 heavy (non-hydrogen) atoms. The molecule has 0 aromatic carbocycles. The molecule has 0 spiro atoms. The van der Waals surface area contributed by atoms with Crippen LogP contribution < -0.4 is 12.4 Å². The Morgan fingerprint density at radius 3 is 0.742 bits per heavy atom. The lowest BCUT2D eigenvalue weighted by atomic mass is 10.0. The van der Waals surface area contributed by atoms with Crippen LogP contribution in [0.1, 0.15) is 162 Å². The molecule has 0 saturated heterocycles. The van der Waals surface area contributed by atoms with Crippen LogP contribution in [-0.4, -0.2) is 31.7 Å². The van der Waals surface area contributed by atoms with Gasteiger partial charge in [0.25, 0.3) is 0 Å². The first kappa shape index (κ1) is 33.4. The van der Waals surface area contributed by atoms with Gasteiger partial charge in [0.1, 0.15) is 0 Å². The third-order valence-electron chi connectivity index (χ3n) is 6.98. The van der Waals surface area contributed by atoms with Gasteiger partial charge in [0.05, 0.1) is 27.2 Å². The van der Waals surface area contributed by atoms with E-state index in [0.29, 0.717) is 0 Å². The minimum absolute atomic E-state index is 0. The summed E-state index contributed by atoms with van der Waals surface area (Å²) in [5.41, 5.74) is 0. The first-order chi connectivity index (χ1) is 14.6. The number of rotatable bonds is 25. The Hall–Kier alpha value is 0.250. The first-order valence-electron chi connectivity index (χ1n) is 14.4. The molecule has 0 aliphatic heterocycles. The Bertz CT molecular complexity index is 316. The predicted molar refractivity (Wildman–Crippen MR) is 139 cm³/mol. The normalized spacial score (nSPS) is 11.6. The summed E-state index contributed by atoms with van der Waals surface area (Å²) in [4.78, 5) is 0. The number of halogens is 1. The van der Waals surface area contributed by atoms with Crippen molar-refractivity contribution < 1.29 is 16.9 Å². The van der Waals surface area contributed by atoms with Gasteiger partial charge in [-0.05, 0) is 25.7 Å². The van der Waals surface area contributed by atoms with Gasteiger partial charge in [-0.3, -0.25) is 0 Å². The molecule has 0 N–H and O–H groups in total. The van der Waals surface area contributed by atoms with Crippen LogP contribution in [0, 0.1) is 0 Å². The van der Waals surface area contributed by atoms with E-state index in [0.717, 1.165) is 0 Å². The molecule has 2 heteroatoms. The van der Waals surface area contributed by atoms with E-state index in [9.17, 15) is 0 Å². The van der Waals surface area contributed by atoms with Crippen molar-refractivity contribution in [3.63, 3.8) is 0 Å². The van der Waals surface area contributed by atoms with Crippen LogP contribution >= 0.6 is 0 Å². The highest BCUT2D eigenvalue weighted by Crippen LogP contribution is 2.15. The second kappa shape index (κ2) is 26.5. The molecule has 0 rings (SSSR count). The summed E-state index contributed by atoms with van der Waals surface area (Å²) < 4.78 is 1.24. The zero-order valence-electron chi connectivity index (χ0n) is 22.5. The van der Waals surface area contributed by atoms with Crippen LogP contribution in [0.15, 0.2) is 0 Å². The highest BCUT2D eigenvalue weighted by atomic mass is 35.5. The second-order valence-corrected chi connectivity index (χ2v) is 10.8. The molecular weight excluding hydrogens is 398 g/mol. The Labute approximate surface area is 205 Å². The average molecular weight is 460 g/mol. The van der Waals surface area contributed by atoms with E-state index in [1.807, 2.05) is 0 Å². The molecule has 0 unspecified atom stereocenters. The quantitative estimate of drug-likeness (QED) is 0.101. The van der Waals surface area contributed by atoms with Crippen molar-refractivity contribution in [3.8, 4) is 0 Å². The van der Waals surface area contributed by atoms with E-state index < -0.39 is 0 Å². The molecule has 0 aromatic rings. The van der Waals surface area contributed by atoms with Crippen molar-refractivity contribution in [2.75, 3.05) is 27.2 Å². The average Bonchev–Trinajstić information content (AvgIpc) is 2.72. The summed E-state index contributed by atoms with van der Waals surface area (Å²) in [5.74, 6) is 0. The Morgan fingerprint density at radius 2 is 0.516 bits per heavy atom. The fraction of sp³-hybridized carbons (Fsp3) is 1.00. The number of hydrogen-bond acceptors (Lipinski definition) is 0. The summed E-state index contributed by atoms with van der Waals surface area (Å²) in [7, 11) is 4.90. The molecule has 190 valence electrons. The fourth-order valence-corrected chi connectivity index (χ4v) is 4.70. The molecule has 0 saturated carbocycles. The van der Waals surface area contributed by atoms with Gasteiger partial charge >= 0.3 is 0 Å². The third kappa shape index (κ3) is 28.2. The zero-order chi connectivity index (χ0) is 22.2. The lowest BCUT2D eigenvalue weighted by Crippen LogP contribution is -3.00. The van der Waals surface area contributed by atoms with E-state index in [1.54, 1.807) is 0 Å². The highest BCUT2D eigenvalue weighted by molar-refractivity contribution is 4.50. The monoisotopic (exact) mass is 459 g/mol. The SMILES string of the molecule is CCCCCCCCCCCCCCCCC[N+](C)(C)CCCCCCCCCC.[Cl-]. The number of unbranched alkanes of at least 4 members (excludes halogenated alkanes) is 21. The fourth-order valence-electron chi connectivity index (χ4n) is 4.70.